The van der Waals surface area contributed by atoms with Gasteiger partial charge in [-0.2, -0.15) is 0 Å². The Balaban J connectivity index is 2.28. The van der Waals surface area contributed by atoms with Crippen molar-refractivity contribution in [3.05, 3.63) is 12.7 Å². The topological polar surface area (TPSA) is 55.1 Å². The van der Waals surface area contributed by atoms with E-state index in [4.69, 9.17) is 5.73 Å². The monoisotopic (exact) mass is 140 g/mol. The molecule has 0 unspecified atom stereocenters. The van der Waals surface area contributed by atoms with Crippen molar-refractivity contribution in [3.8, 4) is 0 Å². The molecule has 0 aliphatic heterocycles. The van der Waals surface area contributed by atoms with E-state index in [9.17, 15) is 4.79 Å². The van der Waals surface area contributed by atoms with E-state index in [0.717, 1.165) is 12.8 Å². The standard InChI is InChI=1S/C7H12N2O/c1-2-5-9-6(10)7(8)3-4-7/h2H,1,3-5,8H2,(H,9,10). The van der Waals surface area contributed by atoms with Crippen LogP contribution in [0, 0.1) is 0 Å². The van der Waals surface area contributed by atoms with Crippen molar-refractivity contribution in [1.82, 2.24) is 5.32 Å². The Labute approximate surface area is 60.3 Å². The van der Waals surface area contributed by atoms with E-state index in [-0.39, 0.29) is 5.91 Å². The lowest BCUT2D eigenvalue weighted by Gasteiger charge is -2.06. The van der Waals surface area contributed by atoms with Crippen molar-refractivity contribution >= 4 is 5.91 Å². The Morgan fingerprint density at radius 1 is 1.80 bits per heavy atom. The van der Waals surface area contributed by atoms with Gasteiger partial charge in [0.15, 0.2) is 0 Å². The molecule has 3 N–H and O–H groups in total. The number of carbonyl (C=O) groups is 1. The van der Waals surface area contributed by atoms with Crippen molar-refractivity contribution < 1.29 is 4.79 Å². The molecule has 1 fully saturated rings. The van der Waals surface area contributed by atoms with Gasteiger partial charge in [0, 0.05) is 6.54 Å². The maximum Gasteiger partial charge on any atom is 0.240 e. The first kappa shape index (κ1) is 7.28. The van der Waals surface area contributed by atoms with Crippen LogP contribution in [0.25, 0.3) is 0 Å². The second-order valence-corrected chi connectivity index (χ2v) is 2.65. The van der Waals surface area contributed by atoms with E-state index in [1.165, 1.54) is 0 Å². The summed E-state index contributed by atoms with van der Waals surface area (Å²) < 4.78 is 0. The van der Waals surface area contributed by atoms with Crippen LogP contribution in [-0.4, -0.2) is 18.0 Å². The Bertz CT molecular complexity index is 161. The first-order valence-corrected chi connectivity index (χ1v) is 3.37. The number of amides is 1. The number of hydrogen-bond acceptors (Lipinski definition) is 2. The third-order valence-electron chi connectivity index (χ3n) is 1.65. The predicted octanol–water partition coefficient (Wildman–Crippen LogP) is -0.220. The van der Waals surface area contributed by atoms with Crippen LogP contribution in [0.4, 0.5) is 0 Å². The van der Waals surface area contributed by atoms with Gasteiger partial charge in [-0.15, -0.1) is 6.58 Å². The van der Waals surface area contributed by atoms with E-state index >= 15 is 0 Å². The molecule has 1 amide bonds. The van der Waals surface area contributed by atoms with Gasteiger partial charge in [-0.1, -0.05) is 6.08 Å². The number of nitrogens with two attached hydrogens (primary N) is 1. The molecule has 0 aromatic rings. The molecule has 56 valence electrons. The molecule has 0 bridgehead atoms. The number of hydrogen-bond donors (Lipinski definition) is 2. The Morgan fingerprint density at radius 2 is 2.40 bits per heavy atom. The smallest absolute Gasteiger partial charge is 0.240 e. The van der Waals surface area contributed by atoms with Crippen molar-refractivity contribution in [2.75, 3.05) is 6.54 Å². The molecule has 0 saturated heterocycles. The summed E-state index contributed by atoms with van der Waals surface area (Å²) in [5.74, 6) is -0.0487. The van der Waals surface area contributed by atoms with Crippen LogP contribution in [0.1, 0.15) is 12.8 Å². The second-order valence-electron chi connectivity index (χ2n) is 2.65. The third kappa shape index (κ3) is 1.36. The highest BCUT2D eigenvalue weighted by Crippen LogP contribution is 2.31. The molecular formula is C7H12N2O. The summed E-state index contributed by atoms with van der Waals surface area (Å²) >= 11 is 0. The molecule has 0 spiro atoms. The minimum Gasteiger partial charge on any atom is -0.351 e. The maximum absolute atomic E-state index is 11.0. The van der Waals surface area contributed by atoms with Gasteiger partial charge in [-0.25, -0.2) is 0 Å². The molecule has 0 aromatic carbocycles. The van der Waals surface area contributed by atoms with Crippen molar-refractivity contribution in [2.45, 2.75) is 18.4 Å². The molecule has 0 aromatic heterocycles. The summed E-state index contributed by atoms with van der Waals surface area (Å²) in [6.45, 7) is 3.99. The van der Waals surface area contributed by atoms with E-state index in [2.05, 4.69) is 11.9 Å². The average Bonchev–Trinajstić information content (AvgIpc) is 2.64. The molecular weight excluding hydrogens is 128 g/mol. The molecule has 0 atom stereocenters. The molecule has 3 heteroatoms. The van der Waals surface area contributed by atoms with Crippen molar-refractivity contribution in [3.63, 3.8) is 0 Å². The summed E-state index contributed by atoms with van der Waals surface area (Å²) in [6.07, 6.45) is 3.27. The average molecular weight is 140 g/mol. The molecule has 1 saturated carbocycles. The van der Waals surface area contributed by atoms with Gasteiger partial charge in [0.1, 0.15) is 0 Å². The molecule has 0 heterocycles. The molecule has 1 rings (SSSR count). The number of rotatable bonds is 3. The second kappa shape index (κ2) is 2.42. The first-order valence-electron chi connectivity index (χ1n) is 3.37. The summed E-state index contributed by atoms with van der Waals surface area (Å²) in [5.41, 5.74) is 5.05. The fourth-order valence-corrected chi connectivity index (χ4v) is 0.703. The lowest BCUT2D eigenvalue weighted by atomic mass is 10.3. The van der Waals surface area contributed by atoms with Crippen LogP contribution in [-0.2, 0) is 4.79 Å². The van der Waals surface area contributed by atoms with E-state index in [1.54, 1.807) is 6.08 Å². The van der Waals surface area contributed by atoms with Gasteiger partial charge in [0.2, 0.25) is 5.91 Å². The zero-order valence-electron chi connectivity index (χ0n) is 5.89. The number of nitrogens with one attached hydrogen (secondary N) is 1. The Kier molecular flexibility index (Phi) is 1.76. The van der Waals surface area contributed by atoms with Crippen LogP contribution in [0.5, 0.6) is 0 Å². The van der Waals surface area contributed by atoms with Crippen LogP contribution < -0.4 is 11.1 Å². The predicted molar refractivity (Wildman–Crippen MR) is 39.4 cm³/mol. The zero-order valence-corrected chi connectivity index (χ0v) is 5.89. The SMILES string of the molecule is C=CCNC(=O)C1(N)CC1. The van der Waals surface area contributed by atoms with Crippen LogP contribution in [0.15, 0.2) is 12.7 Å². The van der Waals surface area contributed by atoms with Gasteiger partial charge in [0.05, 0.1) is 5.54 Å². The van der Waals surface area contributed by atoms with Gasteiger partial charge in [-0.3, -0.25) is 4.79 Å². The van der Waals surface area contributed by atoms with Gasteiger partial charge in [-0.05, 0) is 12.8 Å². The quantitative estimate of drug-likeness (QED) is 0.532. The van der Waals surface area contributed by atoms with Crippen LogP contribution in [0.2, 0.25) is 0 Å². The summed E-state index contributed by atoms with van der Waals surface area (Å²) in [6, 6.07) is 0. The molecule has 3 nitrogen and oxygen atoms in total. The number of carbonyl (C=O) groups excluding carboxylic acids is 1. The highest BCUT2D eigenvalue weighted by atomic mass is 16.2. The largest absolute Gasteiger partial charge is 0.351 e. The van der Waals surface area contributed by atoms with Gasteiger partial charge < -0.3 is 11.1 Å². The van der Waals surface area contributed by atoms with Gasteiger partial charge in [0.25, 0.3) is 0 Å². The lowest BCUT2D eigenvalue weighted by Crippen LogP contribution is -2.42. The van der Waals surface area contributed by atoms with Crippen LogP contribution >= 0.6 is 0 Å². The highest BCUT2D eigenvalue weighted by molar-refractivity contribution is 5.89. The summed E-state index contributed by atoms with van der Waals surface area (Å²) in [4.78, 5) is 11.0. The highest BCUT2D eigenvalue weighted by Gasteiger charge is 2.45. The minimum absolute atomic E-state index is 0.0487. The summed E-state index contributed by atoms with van der Waals surface area (Å²) in [7, 11) is 0. The minimum atomic E-state index is -0.539. The lowest BCUT2D eigenvalue weighted by molar-refractivity contribution is -0.123. The fourth-order valence-electron chi connectivity index (χ4n) is 0.703. The van der Waals surface area contributed by atoms with Crippen molar-refractivity contribution in [2.24, 2.45) is 5.73 Å². The Hall–Kier alpha value is -0.830. The molecule has 1 aliphatic rings. The first-order chi connectivity index (χ1) is 4.69. The van der Waals surface area contributed by atoms with E-state index < -0.39 is 5.54 Å². The zero-order chi connectivity index (χ0) is 7.61. The summed E-state index contributed by atoms with van der Waals surface area (Å²) in [5, 5.41) is 2.65. The Morgan fingerprint density at radius 3 is 2.80 bits per heavy atom. The molecule has 10 heavy (non-hydrogen) atoms. The fraction of sp³-hybridized carbons (Fsp3) is 0.571. The van der Waals surface area contributed by atoms with E-state index in [1.807, 2.05) is 0 Å². The van der Waals surface area contributed by atoms with E-state index in [0.29, 0.717) is 6.54 Å². The normalized spacial score (nSPS) is 19.7. The van der Waals surface area contributed by atoms with Gasteiger partial charge >= 0.3 is 0 Å². The molecule has 1 aliphatic carbocycles. The third-order valence-corrected chi connectivity index (χ3v) is 1.65. The van der Waals surface area contributed by atoms with Crippen LogP contribution in [0.3, 0.4) is 0 Å². The van der Waals surface area contributed by atoms with Crippen molar-refractivity contribution in [1.29, 1.82) is 0 Å². The maximum atomic E-state index is 11.0. The molecule has 0 radical (unpaired) electrons.